The minimum Gasteiger partial charge on any atom is -0.454 e. The van der Waals surface area contributed by atoms with Crippen LogP contribution in [0.4, 0.5) is 9.80 Å². The van der Waals surface area contributed by atoms with E-state index in [1.165, 1.54) is 11.3 Å². The maximum absolute atomic E-state index is 12.8. The fraction of sp³-hybridized carbons (Fsp3) is 0.368. The molecule has 0 fully saturated rings. The summed E-state index contributed by atoms with van der Waals surface area (Å²) in [6.45, 7) is 3.37. The molecule has 0 radical (unpaired) electrons. The molecule has 5 rings (SSSR count). The molecule has 4 heterocycles. The van der Waals surface area contributed by atoms with Gasteiger partial charge in [0.2, 0.25) is 6.79 Å². The molecule has 0 aliphatic carbocycles. The second-order valence-electron chi connectivity index (χ2n) is 6.74. The first kappa shape index (κ1) is 17.2. The van der Waals surface area contributed by atoms with E-state index in [1.54, 1.807) is 11.8 Å². The Morgan fingerprint density at radius 3 is 3.04 bits per heavy atom. The molecule has 8 nitrogen and oxygen atoms in total. The van der Waals surface area contributed by atoms with Crippen molar-refractivity contribution in [3.8, 4) is 11.5 Å². The van der Waals surface area contributed by atoms with E-state index in [4.69, 9.17) is 14.2 Å². The number of nitrogens with zero attached hydrogens (tertiary/aromatic N) is 1. The monoisotopic (exact) mass is 401 g/mol. The van der Waals surface area contributed by atoms with Crippen molar-refractivity contribution in [3.63, 3.8) is 0 Å². The highest BCUT2D eigenvalue weighted by Crippen LogP contribution is 2.42. The van der Waals surface area contributed by atoms with Crippen molar-refractivity contribution in [2.75, 3.05) is 25.3 Å². The smallest absolute Gasteiger partial charge is 0.410 e. The van der Waals surface area contributed by atoms with Crippen molar-refractivity contribution in [1.29, 1.82) is 0 Å². The summed E-state index contributed by atoms with van der Waals surface area (Å²) in [5.74, 6) is 1.28. The maximum atomic E-state index is 12.8. The zero-order valence-corrected chi connectivity index (χ0v) is 16.1. The summed E-state index contributed by atoms with van der Waals surface area (Å²) < 4.78 is 15.9. The number of hydrogen-bond acceptors (Lipinski definition) is 7. The molecule has 3 aliphatic heterocycles. The Hall–Kier alpha value is -2.94. The van der Waals surface area contributed by atoms with Crippen LogP contribution in [0.2, 0.25) is 0 Å². The Morgan fingerprint density at radius 1 is 1.32 bits per heavy atom. The Kier molecular flexibility index (Phi) is 4.04. The van der Waals surface area contributed by atoms with Crippen molar-refractivity contribution in [2.24, 2.45) is 0 Å². The molecule has 1 aromatic carbocycles. The summed E-state index contributed by atoms with van der Waals surface area (Å²) >= 11 is 1.53. The molecule has 2 aromatic rings. The third-order valence-corrected chi connectivity index (χ3v) is 6.24. The number of hydrogen-bond donors (Lipinski definition) is 2. The number of carbonyl (C=O) groups is 2. The average Bonchev–Trinajstić information content (AvgIpc) is 3.30. The minimum atomic E-state index is -0.351. The SMILES string of the molecule is CCOC(=O)N1CCc2c(sc3c2C(=O)N[C@H](c2ccc4c(c2)OCO4)N3)C1. The van der Waals surface area contributed by atoms with E-state index in [0.717, 1.165) is 21.0 Å². The Balaban J connectivity index is 1.41. The summed E-state index contributed by atoms with van der Waals surface area (Å²) in [6.07, 6.45) is -0.0185. The van der Waals surface area contributed by atoms with Crippen LogP contribution in [0.15, 0.2) is 18.2 Å². The van der Waals surface area contributed by atoms with Crippen LogP contribution in [0.25, 0.3) is 0 Å². The first-order chi connectivity index (χ1) is 13.6. The summed E-state index contributed by atoms with van der Waals surface area (Å²) in [5.41, 5.74) is 2.61. The standard InChI is InChI=1S/C19H19N3O5S/c1-2-25-19(24)22-6-5-11-14(8-22)28-18-15(11)17(23)20-16(21-18)10-3-4-12-13(7-10)27-9-26-12/h3-4,7,16,21H,2,5-6,8-9H2,1H3,(H,20,23)/t16-/m0/s1. The topological polar surface area (TPSA) is 89.1 Å². The third-order valence-electron chi connectivity index (χ3n) is 5.09. The summed E-state index contributed by atoms with van der Waals surface area (Å²) in [7, 11) is 0. The van der Waals surface area contributed by atoms with E-state index < -0.39 is 0 Å². The van der Waals surface area contributed by atoms with Gasteiger partial charge in [0, 0.05) is 11.4 Å². The van der Waals surface area contributed by atoms with Gasteiger partial charge < -0.3 is 29.7 Å². The van der Waals surface area contributed by atoms with Gasteiger partial charge in [-0.05, 0) is 36.6 Å². The largest absolute Gasteiger partial charge is 0.454 e. The van der Waals surface area contributed by atoms with Gasteiger partial charge in [-0.1, -0.05) is 6.07 Å². The lowest BCUT2D eigenvalue weighted by Gasteiger charge is -2.28. The van der Waals surface area contributed by atoms with Crippen LogP contribution in [0.3, 0.4) is 0 Å². The highest BCUT2D eigenvalue weighted by Gasteiger charge is 2.34. The summed E-state index contributed by atoms with van der Waals surface area (Å²) in [5, 5.41) is 7.28. The maximum Gasteiger partial charge on any atom is 0.410 e. The molecule has 0 saturated carbocycles. The number of carbonyl (C=O) groups excluding carboxylic acids is 2. The molecule has 2 amide bonds. The predicted molar refractivity (Wildman–Crippen MR) is 102 cm³/mol. The van der Waals surface area contributed by atoms with E-state index in [-0.39, 0.29) is 25.0 Å². The van der Waals surface area contributed by atoms with Gasteiger partial charge in [-0.15, -0.1) is 11.3 Å². The van der Waals surface area contributed by atoms with Gasteiger partial charge in [-0.3, -0.25) is 4.79 Å². The number of fused-ring (bicyclic) bond motifs is 4. The van der Waals surface area contributed by atoms with Crippen LogP contribution in [0.1, 0.15) is 39.5 Å². The first-order valence-corrected chi connectivity index (χ1v) is 9.99. The molecule has 9 heteroatoms. The van der Waals surface area contributed by atoms with Crippen molar-refractivity contribution < 1.29 is 23.8 Å². The van der Waals surface area contributed by atoms with E-state index in [1.807, 2.05) is 18.2 Å². The van der Waals surface area contributed by atoms with Crippen LogP contribution in [0.5, 0.6) is 11.5 Å². The van der Waals surface area contributed by atoms with Crippen molar-refractivity contribution >= 4 is 28.3 Å². The first-order valence-electron chi connectivity index (χ1n) is 9.17. The molecule has 28 heavy (non-hydrogen) atoms. The van der Waals surface area contributed by atoms with E-state index in [2.05, 4.69) is 10.6 Å². The molecule has 146 valence electrons. The number of thiophene rings is 1. The second kappa shape index (κ2) is 6.59. The predicted octanol–water partition coefficient (Wildman–Crippen LogP) is 2.85. The molecule has 0 saturated heterocycles. The van der Waals surface area contributed by atoms with Gasteiger partial charge in [-0.25, -0.2) is 4.79 Å². The molecular weight excluding hydrogens is 382 g/mol. The molecule has 2 N–H and O–H groups in total. The number of nitrogens with one attached hydrogen (secondary N) is 2. The average molecular weight is 401 g/mol. The molecule has 1 aromatic heterocycles. The fourth-order valence-electron chi connectivity index (χ4n) is 3.75. The van der Waals surface area contributed by atoms with Crippen molar-refractivity contribution in [3.05, 3.63) is 39.8 Å². The lowest BCUT2D eigenvalue weighted by atomic mass is 10.0. The van der Waals surface area contributed by atoms with Crippen LogP contribution in [-0.4, -0.2) is 36.8 Å². The van der Waals surface area contributed by atoms with Crippen LogP contribution >= 0.6 is 11.3 Å². The van der Waals surface area contributed by atoms with E-state index in [0.29, 0.717) is 43.2 Å². The number of rotatable bonds is 2. The van der Waals surface area contributed by atoms with Gasteiger partial charge in [0.1, 0.15) is 11.2 Å². The number of ether oxygens (including phenoxy) is 3. The van der Waals surface area contributed by atoms with Gasteiger partial charge >= 0.3 is 6.09 Å². The molecule has 1 atom stereocenters. The van der Waals surface area contributed by atoms with Crippen molar-refractivity contribution in [1.82, 2.24) is 10.2 Å². The zero-order chi connectivity index (χ0) is 19.3. The van der Waals surface area contributed by atoms with Crippen LogP contribution < -0.4 is 20.1 Å². The number of anilines is 1. The lowest BCUT2D eigenvalue weighted by Crippen LogP contribution is -2.39. The second-order valence-corrected chi connectivity index (χ2v) is 7.85. The molecule has 3 aliphatic rings. The van der Waals surface area contributed by atoms with Gasteiger partial charge in [0.15, 0.2) is 11.5 Å². The van der Waals surface area contributed by atoms with Gasteiger partial charge in [-0.2, -0.15) is 0 Å². The molecule has 0 bridgehead atoms. The lowest BCUT2D eigenvalue weighted by molar-refractivity contribution is 0.0934. The van der Waals surface area contributed by atoms with Crippen LogP contribution in [-0.2, 0) is 17.7 Å². The van der Waals surface area contributed by atoms with Crippen molar-refractivity contribution in [2.45, 2.75) is 26.1 Å². The minimum absolute atomic E-state index is 0.0986. The molecular formula is C19H19N3O5S. The van der Waals surface area contributed by atoms with E-state index >= 15 is 0 Å². The zero-order valence-electron chi connectivity index (χ0n) is 15.2. The Morgan fingerprint density at radius 2 is 2.18 bits per heavy atom. The Labute approximate surface area is 165 Å². The summed E-state index contributed by atoms with van der Waals surface area (Å²) in [4.78, 5) is 27.6. The Bertz CT molecular complexity index is 973. The fourth-order valence-corrected chi connectivity index (χ4v) is 5.03. The van der Waals surface area contributed by atoms with Gasteiger partial charge in [0.25, 0.3) is 5.91 Å². The molecule has 0 unspecified atom stereocenters. The highest BCUT2D eigenvalue weighted by molar-refractivity contribution is 7.16. The van der Waals surface area contributed by atoms with Crippen LogP contribution in [0, 0.1) is 0 Å². The highest BCUT2D eigenvalue weighted by atomic mass is 32.1. The third kappa shape index (κ3) is 2.73. The number of benzene rings is 1. The molecule has 0 spiro atoms. The van der Waals surface area contributed by atoms with Gasteiger partial charge in [0.05, 0.1) is 18.7 Å². The van der Waals surface area contributed by atoms with E-state index in [9.17, 15) is 9.59 Å². The quantitative estimate of drug-likeness (QED) is 0.805. The normalized spacial score (nSPS) is 19.4. The summed E-state index contributed by atoms with van der Waals surface area (Å²) in [6, 6.07) is 5.63. The number of amides is 2.